The van der Waals surface area contributed by atoms with E-state index in [1.165, 1.54) is 0 Å². The number of hydrogen-bond donors (Lipinski definition) is 2. The van der Waals surface area contributed by atoms with Crippen molar-refractivity contribution < 1.29 is 22.7 Å². The highest BCUT2D eigenvalue weighted by molar-refractivity contribution is 7.90. The number of sulfonamides is 1. The number of rotatable bonds is 4. The van der Waals surface area contributed by atoms with Gasteiger partial charge in [-0.1, -0.05) is 0 Å². The van der Waals surface area contributed by atoms with Crippen LogP contribution in [0.1, 0.15) is 26.7 Å². The number of hydrogen-bond acceptors (Lipinski definition) is 5. The van der Waals surface area contributed by atoms with Gasteiger partial charge in [-0.3, -0.25) is 0 Å². The molecule has 0 spiro atoms. The van der Waals surface area contributed by atoms with Crippen LogP contribution in [0.3, 0.4) is 0 Å². The summed E-state index contributed by atoms with van der Waals surface area (Å²) in [4.78, 5) is 14.1. The molecule has 1 saturated heterocycles. The largest absolute Gasteiger partial charge is 0.486 e. The Bertz CT molecular complexity index is 758. The molecular weight excluding hydrogens is 358 g/mol. The lowest BCUT2D eigenvalue weighted by molar-refractivity contribution is 0.171. The molecule has 1 aromatic rings. The molecular formula is C17H25N3O5S. The van der Waals surface area contributed by atoms with Gasteiger partial charge in [-0.05, 0) is 38.8 Å². The lowest BCUT2D eigenvalue weighted by Crippen LogP contribution is -2.48. The van der Waals surface area contributed by atoms with Crippen LogP contribution in [-0.4, -0.2) is 56.9 Å². The number of anilines is 1. The maximum Gasteiger partial charge on any atom is 0.321 e. The van der Waals surface area contributed by atoms with Crippen molar-refractivity contribution in [3.63, 3.8) is 0 Å². The van der Waals surface area contributed by atoms with Gasteiger partial charge in [0, 0.05) is 30.9 Å². The summed E-state index contributed by atoms with van der Waals surface area (Å²) in [6.07, 6.45) is 1.20. The second kappa shape index (κ2) is 7.71. The first-order valence-electron chi connectivity index (χ1n) is 8.82. The number of piperidine rings is 1. The monoisotopic (exact) mass is 383 g/mol. The van der Waals surface area contributed by atoms with Gasteiger partial charge in [0.1, 0.15) is 13.2 Å². The van der Waals surface area contributed by atoms with Crippen molar-refractivity contribution in [2.75, 3.05) is 31.6 Å². The molecule has 3 rings (SSSR count). The zero-order valence-electron chi connectivity index (χ0n) is 15.0. The molecule has 2 aliphatic rings. The van der Waals surface area contributed by atoms with E-state index in [0.717, 1.165) is 0 Å². The predicted octanol–water partition coefficient (Wildman–Crippen LogP) is 1.78. The summed E-state index contributed by atoms with van der Waals surface area (Å²) in [5.41, 5.74) is 0.641. The molecule has 1 fully saturated rings. The number of benzene rings is 1. The molecule has 0 radical (unpaired) electrons. The Labute approximate surface area is 153 Å². The molecule has 0 atom stereocenters. The van der Waals surface area contributed by atoms with Gasteiger partial charge in [0.05, 0.1) is 5.25 Å². The van der Waals surface area contributed by atoms with E-state index in [1.54, 1.807) is 36.9 Å². The van der Waals surface area contributed by atoms with E-state index >= 15 is 0 Å². The molecule has 0 aromatic heterocycles. The van der Waals surface area contributed by atoms with E-state index < -0.39 is 15.3 Å². The number of amides is 2. The highest BCUT2D eigenvalue weighted by atomic mass is 32.2. The second-order valence-electron chi connectivity index (χ2n) is 6.76. The van der Waals surface area contributed by atoms with Crippen molar-refractivity contribution in [1.82, 2.24) is 9.62 Å². The first-order chi connectivity index (χ1) is 12.3. The second-order valence-corrected chi connectivity index (χ2v) is 9.03. The first-order valence-corrected chi connectivity index (χ1v) is 10.4. The fraction of sp³-hybridized carbons (Fsp3) is 0.588. The van der Waals surface area contributed by atoms with E-state index in [0.29, 0.717) is 56.3 Å². The zero-order chi connectivity index (χ0) is 18.7. The number of fused-ring (bicyclic) bond motifs is 1. The number of nitrogens with zero attached hydrogens (tertiary/aromatic N) is 1. The van der Waals surface area contributed by atoms with Crippen LogP contribution in [0.5, 0.6) is 11.5 Å². The number of carbonyl (C=O) groups is 1. The predicted molar refractivity (Wildman–Crippen MR) is 98.2 cm³/mol. The molecule has 2 heterocycles. The Kier molecular flexibility index (Phi) is 5.57. The Balaban J connectivity index is 1.52. The van der Waals surface area contributed by atoms with Crippen LogP contribution in [0.2, 0.25) is 0 Å². The Morgan fingerprint density at radius 2 is 1.81 bits per heavy atom. The van der Waals surface area contributed by atoms with Crippen LogP contribution in [0.4, 0.5) is 10.5 Å². The highest BCUT2D eigenvalue weighted by Gasteiger charge is 2.27. The smallest absolute Gasteiger partial charge is 0.321 e. The summed E-state index contributed by atoms with van der Waals surface area (Å²) in [7, 11) is -3.29. The van der Waals surface area contributed by atoms with Crippen molar-refractivity contribution in [2.45, 2.75) is 38.0 Å². The third-order valence-corrected chi connectivity index (χ3v) is 6.43. The number of urea groups is 1. The van der Waals surface area contributed by atoms with Crippen LogP contribution in [-0.2, 0) is 10.0 Å². The van der Waals surface area contributed by atoms with Gasteiger partial charge in [-0.15, -0.1) is 0 Å². The van der Waals surface area contributed by atoms with Crippen LogP contribution >= 0.6 is 0 Å². The van der Waals surface area contributed by atoms with E-state index in [9.17, 15) is 13.2 Å². The molecule has 26 heavy (non-hydrogen) atoms. The summed E-state index contributed by atoms with van der Waals surface area (Å²) < 4.78 is 37.6. The fourth-order valence-electron chi connectivity index (χ4n) is 2.89. The van der Waals surface area contributed by atoms with E-state index in [-0.39, 0.29) is 12.1 Å². The van der Waals surface area contributed by atoms with E-state index in [1.807, 2.05) is 0 Å². The third kappa shape index (κ3) is 4.39. The number of likely N-dealkylation sites (tertiary alicyclic amines) is 1. The molecule has 0 bridgehead atoms. The SMILES string of the molecule is CC(C)S(=O)(=O)NC1CCN(C(=O)Nc2ccc3c(c2)OCCO3)CC1. The lowest BCUT2D eigenvalue weighted by Gasteiger charge is -2.32. The van der Waals surface area contributed by atoms with Gasteiger partial charge in [0.25, 0.3) is 0 Å². The minimum atomic E-state index is -3.29. The minimum Gasteiger partial charge on any atom is -0.486 e. The van der Waals surface area contributed by atoms with Crippen molar-refractivity contribution in [2.24, 2.45) is 0 Å². The maximum atomic E-state index is 12.4. The fourth-order valence-corrected chi connectivity index (χ4v) is 3.86. The Hall–Kier alpha value is -2.00. The molecule has 0 aliphatic carbocycles. The molecule has 2 aliphatic heterocycles. The van der Waals surface area contributed by atoms with E-state index in [2.05, 4.69) is 10.0 Å². The minimum absolute atomic E-state index is 0.124. The summed E-state index contributed by atoms with van der Waals surface area (Å²) in [5, 5.41) is 2.40. The summed E-state index contributed by atoms with van der Waals surface area (Å²) in [6, 6.07) is 4.97. The van der Waals surface area contributed by atoms with Crippen LogP contribution < -0.4 is 19.5 Å². The normalized spacial score (nSPS) is 18.0. The number of nitrogens with one attached hydrogen (secondary N) is 2. The van der Waals surface area contributed by atoms with Gasteiger partial charge in [0.15, 0.2) is 11.5 Å². The molecule has 0 unspecified atom stereocenters. The van der Waals surface area contributed by atoms with E-state index in [4.69, 9.17) is 9.47 Å². The van der Waals surface area contributed by atoms with Gasteiger partial charge >= 0.3 is 6.03 Å². The van der Waals surface area contributed by atoms with Crippen molar-refractivity contribution in [3.8, 4) is 11.5 Å². The van der Waals surface area contributed by atoms with Crippen molar-refractivity contribution >= 4 is 21.7 Å². The number of ether oxygens (including phenoxy) is 2. The van der Waals surface area contributed by atoms with Gasteiger partial charge in [-0.25, -0.2) is 17.9 Å². The average molecular weight is 383 g/mol. The lowest BCUT2D eigenvalue weighted by atomic mass is 10.1. The molecule has 144 valence electrons. The van der Waals surface area contributed by atoms with Gasteiger partial charge in [0.2, 0.25) is 10.0 Å². The van der Waals surface area contributed by atoms with Crippen LogP contribution in [0.25, 0.3) is 0 Å². The van der Waals surface area contributed by atoms with Crippen LogP contribution in [0.15, 0.2) is 18.2 Å². The average Bonchev–Trinajstić information content (AvgIpc) is 2.61. The Morgan fingerprint density at radius 3 is 2.46 bits per heavy atom. The molecule has 0 saturated carbocycles. The molecule has 2 amide bonds. The first kappa shape index (κ1) is 18.8. The van der Waals surface area contributed by atoms with Crippen molar-refractivity contribution in [1.29, 1.82) is 0 Å². The van der Waals surface area contributed by atoms with Gasteiger partial charge < -0.3 is 19.7 Å². The topological polar surface area (TPSA) is 97.0 Å². The number of carbonyl (C=O) groups excluding carboxylic acids is 1. The Morgan fingerprint density at radius 1 is 1.15 bits per heavy atom. The summed E-state index contributed by atoms with van der Waals surface area (Å²) >= 11 is 0. The summed E-state index contributed by atoms with van der Waals surface area (Å²) in [6.45, 7) is 5.32. The third-order valence-electron chi connectivity index (χ3n) is 4.53. The van der Waals surface area contributed by atoms with Crippen LogP contribution in [0, 0.1) is 0 Å². The summed E-state index contributed by atoms with van der Waals surface area (Å²) in [5.74, 6) is 1.29. The molecule has 2 N–H and O–H groups in total. The quantitative estimate of drug-likeness (QED) is 0.826. The molecule has 1 aromatic carbocycles. The molecule has 8 nitrogen and oxygen atoms in total. The van der Waals surface area contributed by atoms with Gasteiger partial charge in [-0.2, -0.15) is 0 Å². The highest BCUT2D eigenvalue weighted by Crippen LogP contribution is 2.32. The van der Waals surface area contributed by atoms with Crippen molar-refractivity contribution in [3.05, 3.63) is 18.2 Å². The molecule has 9 heteroatoms. The maximum absolute atomic E-state index is 12.4. The standard InChI is InChI=1S/C17H25N3O5S/c1-12(2)26(22,23)19-13-5-7-20(8-6-13)17(21)18-14-3-4-15-16(11-14)25-10-9-24-15/h3-4,11-13,19H,5-10H2,1-2H3,(H,18,21). The zero-order valence-corrected chi connectivity index (χ0v) is 15.8.